The number of hydrogen-bond donors (Lipinski definition) is 1. The van der Waals surface area contributed by atoms with Crippen LogP contribution in [0.1, 0.15) is 24.8 Å². The van der Waals surface area contributed by atoms with Crippen molar-refractivity contribution in [2.24, 2.45) is 0 Å². The molecule has 5 aromatic rings. The van der Waals surface area contributed by atoms with Gasteiger partial charge >= 0.3 is 0 Å². The molecule has 9 nitrogen and oxygen atoms in total. The van der Waals surface area contributed by atoms with Gasteiger partial charge in [-0.15, -0.1) is 0 Å². The van der Waals surface area contributed by atoms with Crippen LogP contribution >= 0.6 is 23.2 Å². The molecule has 236 valence electrons. The van der Waals surface area contributed by atoms with Gasteiger partial charge in [-0.05, 0) is 81.0 Å². The molecule has 1 N–H and O–H groups in total. The highest BCUT2D eigenvalue weighted by atomic mass is 35.5. The largest absolute Gasteiger partial charge is 0.369 e. The van der Waals surface area contributed by atoms with Crippen molar-refractivity contribution in [3.8, 4) is 16.9 Å². The van der Waals surface area contributed by atoms with Crippen LogP contribution in [0.4, 0.5) is 17.3 Å². The Balaban J connectivity index is 1.28. The number of halogens is 2. The minimum Gasteiger partial charge on any atom is -0.369 e. The normalized spacial score (nSPS) is 16.2. The first-order valence-electron chi connectivity index (χ1n) is 15.8. The van der Waals surface area contributed by atoms with Crippen LogP contribution in [-0.4, -0.2) is 75.9 Å². The fourth-order valence-corrected chi connectivity index (χ4v) is 6.82. The Bertz CT molecular complexity index is 1900. The Labute approximate surface area is 278 Å². The number of hydrogen-bond acceptors (Lipinski definition) is 8. The first kappa shape index (κ1) is 30.6. The van der Waals surface area contributed by atoms with E-state index in [1.54, 1.807) is 24.4 Å². The van der Waals surface area contributed by atoms with E-state index in [-0.39, 0.29) is 0 Å². The molecule has 3 aromatic carbocycles. The van der Waals surface area contributed by atoms with Crippen LogP contribution < -0.4 is 15.8 Å². The van der Waals surface area contributed by atoms with Crippen molar-refractivity contribution < 1.29 is 0 Å². The number of likely N-dealkylation sites (tertiary alicyclic amines) is 1. The molecule has 0 radical (unpaired) electrons. The number of piperidine rings is 1. The van der Waals surface area contributed by atoms with E-state index in [1.807, 2.05) is 24.3 Å². The highest BCUT2D eigenvalue weighted by molar-refractivity contribution is 6.37. The molecule has 0 spiro atoms. The van der Waals surface area contributed by atoms with Gasteiger partial charge in [-0.1, -0.05) is 53.9 Å². The van der Waals surface area contributed by atoms with Crippen molar-refractivity contribution in [1.82, 2.24) is 29.5 Å². The lowest BCUT2D eigenvalue weighted by atomic mass is 10.0. The number of likely N-dealkylation sites (N-methyl/N-ethyl adjacent to an activating group) is 1. The molecule has 0 saturated carbocycles. The number of benzene rings is 3. The highest BCUT2D eigenvalue weighted by Gasteiger charge is 2.20. The molecule has 4 heterocycles. The number of fused-ring (bicyclic) bond motifs is 1. The molecule has 2 aliphatic heterocycles. The second kappa shape index (κ2) is 13.4. The van der Waals surface area contributed by atoms with Crippen molar-refractivity contribution in [2.75, 3.05) is 56.5 Å². The summed E-state index contributed by atoms with van der Waals surface area (Å²) in [6.07, 6.45) is 5.28. The summed E-state index contributed by atoms with van der Waals surface area (Å²) >= 11 is 13.1. The van der Waals surface area contributed by atoms with Crippen molar-refractivity contribution in [1.29, 1.82) is 0 Å². The number of para-hydroxylation sites is 1. The van der Waals surface area contributed by atoms with Gasteiger partial charge in [0, 0.05) is 55.9 Å². The molecule has 7 rings (SSSR count). The summed E-state index contributed by atoms with van der Waals surface area (Å²) in [4.78, 5) is 30.5. The van der Waals surface area contributed by atoms with Crippen LogP contribution in [0.2, 0.25) is 10.0 Å². The lowest BCUT2D eigenvalue weighted by molar-refractivity contribution is 0.221. The molecule has 0 atom stereocenters. The third-order valence-corrected chi connectivity index (χ3v) is 9.44. The van der Waals surface area contributed by atoms with Crippen LogP contribution in [0.15, 0.2) is 77.7 Å². The molecular weight excluding hydrogens is 619 g/mol. The molecule has 0 amide bonds. The third kappa shape index (κ3) is 6.46. The highest BCUT2D eigenvalue weighted by Crippen LogP contribution is 2.31. The van der Waals surface area contributed by atoms with E-state index in [1.165, 1.54) is 35.2 Å². The smallest absolute Gasteiger partial charge is 0.282 e. The van der Waals surface area contributed by atoms with E-state index in [2.05, 4.69) is 56.3 Å². The van der Waals surface area contributed by atoms with E-state index in [0.29, 0.717) is 38.3 Å². The van der Waals surface area contributed by atoms with Gasteiger partial charge in [-0.25, -0.2) is 9.97 Å². The van der Waals surface area contributed by atoms with E-state index >= 15 is 0 Å². The number of nitrogens with zero attached hydrogens (tertiary/aromatic N) is 7. The summed E-state index contributed by atoms with van der Waals surface area (Å²) < 4.78 is 1.27. The topological polar surface area (TPSA) is 82.4 Å². The van der Waals surface area contributed by atoms with Crippen LogP contribution in [0, 0.1) is 0 Å². The van der Waals surface area contributed by atoms with Crippen LogP contribution in [0.5, 0.6) is 0 Å². The fourth-order valence-electron chi connectivity index (χ4n) is 6.27. The van der Waals surface area contributed by atoms with Gasteiger partial charge in [0.2, 0.25) is 5.95 Å². The Hall–Kier alpha value is -4.02. The van der Waals surface area contributed by atoms with E-state index in [0.717, 1.165) is 57.1 Å². The maximum Gasteiger partial charge on any atom is 0.282 e. The van der Waals surface area contributed by atoms with Crippen LogP contribution in [-0.2, 0) is 6.54 Å². The maximum absolute atomic E-state index is 13.9. The van der Waals surface area contributed by atoms with E-state index in [9.17, 15) is 4.79 Å². The fraction of sp³-hybridized carbons (Fsp3) is 0.314. The third-order valence-electron chi connectivity index (χ3n) is 8.83. The second-order valence-corrected chi connectivity index (χ2v) is 12.9. The SMILES string of the molecule is CN1CCN(c2ccc(Nc3ncc4c(=O)n(-c5c(Cl)cccc5Cl)nc(-c5cccc(CN6CCCCC6)c5)c4n3)cc2)CC1. The summed E-state index contributed by atoms with van der Waals surface area (Å²) in [5.74, 6) is 0.375. The van der Waals surface area contributed by atoms with Crippen molar-refractivity contribution in [2.45, 2.75) is 25.8 Å². The summed E-state index contributed by atoms with van der Waals surface area (Å²) in [6.45, 7) is 7.15. The zero-order valence-electron chi connectivity index (χ0n) is 25.8. The summed E-state index contributed by atoms with van der Waals surface area (Å²) in [7, 11) is 2.16. The Morgan fingerprint density at radius 2 is 1.57 bits per heavy atom. The Kier molecular flexibility index (Phi) is 8.90. The van der Waals surface area contributed by atoms with Gasteiger partial charge in [0.25, 0.3) is 5.56 Å². The van der Waals surface area contributed by atoms with Crippen molar-refractivity contribution in [3.63, 3.8) is 0 Å². The van der Waals surface area contributed by atoms with E-state index < -0.39 is 5.56 Å². The molecule has 2 fully saturated rings. The van der Waals surface area contributed by atoms with Gasteiger partial charge in [-0.2, -0.15) is 9.78 Å². The van der Waals surface area contributed by atoms with Gasteiger partial charge in [0.05, 0.1) is 15.4 Å². The predicted molar refractivity (Wildman–Crippen MR) is 187 cm³/mol. The van der Waals surface area contributed by atoms with Crippen LogP contribution in [0.25, 0.3) is 27.8 Å². The molecule has 2 saturated heterocycles. The summed E-state index contributed by atoms with van der Waals surface area (Å²) in [6, 6.07) is 21.7. The molecule has 0 aliphatic carbocycles. The zero-order valence-corrected chi connectivity index (χ0v) is 27.3. The van der Waals surface area contributed by atoms with E-state index in [4.69, 9.17) is 33.3 Å². The average molecular weight is 656 g/mol. The Morgan fingerprint density at radius 3 is 2.30 bits per heavy atom. The van der Waals surface area contributed by atoms with Gasteiger partial charge in [-0.3, -0.25) is 9.69 Å². The van der Waals surface area contributed by atoms with Gasteiger partial charge < -0.3 is 15.1 Å². The summed E-state index contributed by atoms with van der Waals surface area (Å²) in [5.41, 5.74) is 4.98. The summed E-state index contributed by atoms with van der Waals surface area (Å²) in [5, 5.41) is 9.16. The molecule has 11 heteroatoms. The average Bonchev–Trinajstić information content (AvgIpc) is 3.07. The van der Waals surface area contributed by atoms with Gasteiger partial charge in [0.15, 0.2) is 0 Å². The molecule has 0 unspecified atom stereocenters. The molecule has 46 heavy (non-hydrogen) atoms. The minimum atomic E-state index is -0.402. The number of piperazine rings is 1. The lowest BCUT2D eigenvalue weighted by Gasteiger charge is -2.34. The first-order chi connectivity index (χ1) is 22.4. The first-order valence-corrected chi connectivity index (χ1v) is 16.6. The second-order valence-electron chi connectivity index (χ2n) is 12.1. The minimum absolute atomic E-state index is 0.318. The van der Waals surface area contributed by atoms with Crippen molar-refractivity contribution in [3.05, 3.63) is 98.9 Å². The Morgan fingerprint density at radius 1 is 0.848 bits per heavy atom. The van der Waals surface area contributed by atoms with Crippen molar-refractivity contribution >= 4 is 51.4 Å². The number of rotatable bonds is 7. The predicted octanol–water partition coefficient (Wildman–Crippen LogP) is 6.63. The van der Waals surface area contributed by atoms with Crippen LogP contribution in [0.3, 0.4) is 0 Å². The molecule has 2 aliphatic rings. The molecule has 0 bridgehead atoms. The van der Waals surface area contributed by atoms with Gasteiger partial charge in [0.1, 0.15) is 16.9 Å². The molecular formula is C35H36Cl2N8O. The maximum atomic E-state index is 13.9. The monoisotopic (exact) mass is 654 g/mol. The standard InChI is InChI=1S/C35H36Cl2N8O/c1-42-17-19-44(20-18-42)27-13-11-26(12-14-27)39-35-38-22-28-32(40-35)31(41-45(34(28)46)33-29(36)9-6-10-30(33)37)25-8-5-7-24(21-25)23-43-15-3-2-4-16-43/h5-14,21-22H,2-4,15-20,23H2,1H3,(H,38,39,40). The lowest BCUT2D eigenvalue weighted by Crippen LogP contribution is -2.44. The number of aromatic nitrogens is 4. The number of anilines is 3. The molecule has 2 aromatic heterocycles. The zero-order chi connectivity index (χ0) is 31.6. The number of nitrogens with one attached hydrogen (secondary N) is 1. The quantitative estimate of drug-likeness (QED) is 0.209.